The van der Waals surface area contributed by atoms with Gasteiger partial charge in [0.1, 0.15) is 6.04 Å². The predicted octanol–water partition coefficient (Wildman–Crippen LogP) is 4.90. The summed E-state index contributed by atoms with van der Waals surface area (Å²) in [5.74, 6) is -1.50. The zero-order valence-corrected chi connectivity index (χ0v) is 26.7. The van der Waals surface area contributed by atoms with Crippen LogP contribution in [0.4, 0.5) is 5.69 Å². The molecule has 5 N–H and O–H groups in total. The third-order valence-electron chi connectivity index (χ3n) is 6.41. The Hall–Kier alpha value is -3.33. The molecule has 226 valence electrons. The minimum Gasteiger partial charge on any atom is -0.478 e. The van der Waals surface area contributed by atoms with Gasteiger partial charge in [0.25, 0.3) is 0 Å². The average molecular weight is 560 g/mol. The Balaban J connectivity index is 0.00000284. The molecule has 0 fully saturated rings. The summed E-state index contributed by atoms with van der Waals surface area (Å²) in [6.45, 7) is 15.7. The minimum atomic E-state index is -1.02. The van der Waals surface area contributed by atoms with E-state index in [9.17, 15) is 14.4 Å². The van der Waals surface area contributed by atoms with Gasteiger partial charge in [-0.2, -0.15) is 0 Å². The molecule has 9 nitrogen and oxygen atoms in total. The molecule has 9 heteroatoms. The summed E-state index contributed by atoms with van der Waals surface area (Å²) in [5.41, 5.74) is 6.83. The van der Waals surface area contributed by atoms with Gasteiger partial charge < -0.3 is 30.9 Å². The van der Waals surface area contributed by atoms with Crippen LogP contribution in [0.1, 0.15) is 73.8 Å². The van der Waals surface area contributed by atoms with Crippen molar-refractivity contribution in [1.82, 2.24) is 14.8 Å². The molecule has 0 saturated carbocycles. The number of fused-ring (bicyclic) bond motifs is 1. The van der Waals surface area contributed by atoms with E-state index in [0.717, 1.165) is 22.2 Å². The Labute approximate surface area is 241 Å². The molecule has 1 heterocycles. The van der Waals surface area contributed by atoms with E-state index in [0.29, 0.717) is 0 Å². The maximum absolute atomic E-state index is 13.2. The van der Waals surface area contributed by atoms with Crippen LogP contribution in [0.2, 0.25) is 0 Å². The van der Waals surface area contributed by atoms with Crippen LogP contribution in [0.15, 0.2) is 36.0 Å². The van der Waals surface area contributed by atoms with Crippen LogP contribution in [0.3, 0.4) is 0 Å². The lowest BCUT2D eigenvalue weighted by Crippen LogP contribution is -2.54. The summed E-state index contributed by atoms with van der Waals surface area (Å²) in [6.07, 6.45) is 5.01. The summed E-state index contributed by atoms with van der Waals surface area (Å²) in [5, 5.41) is 16.3. The molecule has 2 amide bonds. The lowest BCUT2D eigenvalue weighted by atomic mass is 9.80. The number of likely N-dealkylation sites (N-methyl/N-ethyl adjacent to an activating group) is 1. The lowest BCUT2D eigenvalue weighted by molar-refractivity contribution is -0.138. The van der Waals surface area contributed by atoms with E-state index in [4.69, 9.17) is 5.11 Å². The molecule has 0 radical (unpaired) electrons. The predicted molar refractivity (Wildman–Crippen MR) is 167 cm³/mol. The molecule has 1 unspecified atom stereocenters. The first-order valence-corrected chi connectivity index (χ1v) is 13.8. The number of anilines is 1. The van der Waals surface area contributed by atoms with Crippen LogP contribution in [0, 0.1) is 5.41 Å². The van der Waals surface area contributed by atoms with Gasteiger partial charge in [-0.3, -0.25) is 9.59 Å². The highest BCUT2D eigenvalue weighted by Gasteiger charge is 2.36. The normalized spacial score (nSPS) is 12.4. The molecule has 1 aromatic heterocycles. The number of nitrogens with one attached hydrogen (secondary N) is 2. The highest BCUT2D eigenvalue weighted by atomic mass is 16.4. The van der Waals surface area contributed by atoms with Gasteiger partial charge in [-0.05, 0) is 37.1 Å². The number of nitrogens with zero attached hydrogens (tertiary/aromatic N) is 2. The van der Waals surface area contributed by atoms with Crippen LogP contribution in [0.25, 0.3) is 10.9 Å². The van der Waals surface area contributed by atoms with E-state index in [2.05, 4.69) is 53.1 Å². The largest absolute Gasteiger partial charge is 0.478 e. The van der Waals surface area contributed by atoms with Crippen LogP contribution >= 0.6 is 0 Å². The molecule has 0 bridgehead atoms. The van der Waals surface area contributed by atoms with Gasteiger partial charge in [0.05, 0.1) is 5.52 Å². The van der Waals surface area contributed by atoms with E-state index in [1.807, 2.05) is 54.8 Å². The first kappa shape index (κ1) is 36.7. The van der Waals surface area contributed by atoms with Crippen molar-refractivity contribution < 1.29 is 19.5 Å². The fourth-order valence-corrected chi connectivity index (χ4v) is 4.11. The third-order valence-corrected chi connectivity index (χ3v) is 6.41. The smallest absolute Gasteiger partial charge is 0.331 e. The Bertz CT molecular complexity index is 1160. The van der Waals surface area contributed by atoms with Crippen molar-refractivity contribution in [2.24, 2.45) is 18.2 Å². The number of hydrogen-bond donors (Lipinski definition) is 4. The second-order valence-electron chi connectivity index (χ2n) is 11.7. The molecular formula is C31H53N5O4. The van der Waals surface area contributed by atoms with Crippen molar-refractivity contribution in [3.63, 3.8) is 0 Å². The van der Waals surface area contributed by atoms with Crippen molar-refractivity contribution in [2.45, 2.75) is 79.7 Å². The van der Waals surface area contributed by atoms with Crippen molar-refractivity contribution >= 4 is 34.4 Å². The molecule has 1 aromatic carbocycles. The number of hydrogen-bond acceptors (Lipinski definition) is 5. The van der Waals surface area contributed by atoms with Gasteiger partial charge in [0.2, 0.25) is 11.8 Å². The number of benzene rings is 1. The average Bonchev–Trinajstić information content (AvgIpc) is 3.22. The number of nitrogens with two attached hydrogens (primary N) is 1. The Morgan fingerprint density at radius 2 is 1.68 bits per heavy atom. The number of aliphatic carboxylic acids is 1. The third kappa shape index (κ3) is 10.3. The van der Waals surface area contributed by atoms with Crippen LogP contribution in [-0.2, 0) is 26.8 Å². The van der Waals surface area contributed by atoms with Crippen LogP contribution in [-0.4, -0.2) is 66.1 Å². The van der Waals surface area contributed by atoms with Gasteiger partial charge in [0, 0.05) is 62.4 Å². The second-order valence-corrected chi connectivity index (χ2v) is 11.7. The number of carbonyl (C=O) groups is 3. The minimum absolute atomic E-state index is 0.148. The molecule has 1 atom stereocenters. The van der Waals surface area contributed by atoms with Gasteiger partial charge in [-0.25, -0.2) is 4.79 Å². The topological polar surface area (TPSA) is 130 Å². The molecular weight excluding hydrogens is 506 g/mol. The first-order chi connectivity index (χ1) is 18.5. The highest BCUT2D eigenvalue weighted by molar-refractivity contribution is 5.91. The molecule has 0 saturated heterocycles. The quantitative estimate of drug-likeness (QED) is 0.324. The highest BCUT2D eigenvalue weighted by Crippen LogP contribution is 2.35. The van der Waals surface area contributed by atoms with Crippen molar-refractivity contribution in [3.05, 3.63) is 41.6 Å². The molecule has 40 heavy (non-hydrogen) atoms. The number of aromatic nitrogens is 1. The SMILES string of the molecule is CCC.CN.CNc1ccc2c(C(C)(C)CC(=O)NC(C(=O)N(C)C/C=C(\C)C(=O)O)C(C)(C)C)cn(C)c2c1. The summed E-state index contributed by atoms with van der Waals surface area (Å²) >= 11 is 0. The number of carboxylic acids is 1. The molecule has 2 aromatic rings. The number of rotatable bonds is 9. The number of amides is 2. The summed E-state index contributed by atoms with van der Waals surface area (Å²) in [6, 6.07) is 5.42. The maximum atomic E-state index is 13.2. The lowest BCUT2D eigenvalue weighted by Gasteiger charge is -2.34. The zero-order chi connectivity index (χ0) is 31.4. The zero-order valence-electron chi connectivity index (χ0n) is 26.7. The molecule has 0 spiro atoms. The number of carbonyl (C=O) groups excluding carboxylic acids is 2. The number of aryl methyl sites for hydroxylation is 1. The monoisotopic (exact) mass is 559 g/mol. The van der Waals surface area contributed by atoms with Crippen molar-refractivity contribution in [2.75, 3.05) is 33.0 Å². The van der Waals surface area contributed by atoms with Crippen LogP contribution < -0.4 is 16.4 Å². The van der Waals surface area contributed by atoms with Gasteiger partial charge in [-0.1, -0.05) is 67.0 Å². The van der Waals surface area contributed by atoms with E-state index in [1.54, 1.807) is 7.05 Å². The van der Waals surface area contributed by atoms with Gasteiger partial charge in [-0.15, -0.1) is 0 Å². The molecule has 2 rings (SSSR count). The summed E-state index contributed by atoms with van der Waals surface area (Å²) < 4.78 is 2.06. The van der Waals surface area contributed by atoms with E-state index in [1.165, 1.54) is 31.4 Å². The molecule has 0 aliphatic carbocycles. The summed E-state index contributed by atoms with van der Waals surface area (Å²) in [4.78, 5) is 38.9. The van der Waals surface area contributed by atoms with E-state index < -0.39 is 22.8 Å². The standard InChI is InChI=1S/C27H40N4O4.C3H8.CH5N/c1-17(25(34)35)12-13-30(8)24(33)23(26(2,3)4)29-22(32)15-27(5,6)20-16-31(9)21-14-18(28-7)10-11-19(20)21;1-3-2;1-2/h10-12,14,16,23,28H,13,15H2,1-9H3,(H,29,32)(H,34,35);3H2,1-2H3;2H2,1H3/b17-12+;;. The second kappa shape index (κ2) is 16.1. The Morgan fingerprint density at radius 3 is 2.15 bits per heavy atom. The fraction of sp³-hybridized carbons (Fsp3) is 0.581. The maximum Gasteiger partial charge on any atom is 0.331 e. The molecule has 0 aliphatic rings. The first-order valence-electron chi connectivity index (χ1n) is 13.8. The van der Waals surface area contributed by atoms with Crippen molar-refractivity contribution in [3.8, 4) is 0 Å². The van der Waals surface area contributed by atoms with E-state index >= 15 is 0 Å². The van der Waals surface area contributed by atoms with Gasteiger partial charge >= 0.3 is 5.97 Å². The fourth-order valence-electron chi connectivity index (χ4n) is 4.11. The number of carboxylic acid groups (broad SMARTS) is 1. The Kier molecular flexibility index (Phi) is 14.7. The molecule has 0 aliphatic heterocycles. The Morgan fingerprint density at radius 1 is 1.12 bits per heavy atom. The van der Waals surface area contributed by atoms with Crippen LogP contribution in [0.5, 0.6) is 0 Å². The summed E-state index contributed by atoms with van der Waals surface area (Å²) in [7, 11) is 6.98. The van der Waals surface area contributed by atoms with Gasteiger partial charge in [0.15, 0.2) is 0 Å². The van der Waals surface area contributed by atoms with Crippen molar-refractivity contribution in [1.29, 1.82) is 0 Å². The van der Waals surface area contributed by atoms with E-state index in [-0.39, 0.29) is 30.4 Å².